The zero-order valence-corrected chi connectivity index (χ0v) is 29.0. The van der Waals surface area contributed by atoms with Crippen molar-refractivity contribution in [3.05, 3.63) is 180 Å². The Kier molecular flexibility index (Phi) is 6.57. The lowest BCUT2D eigenvalue weighted by molar-refractivity contribution is 0.599. The number of fused-ring (bicyclic) bond motifs is 7. The van der Waals surface area contributed by atoms with Crippen LogP contribution in [0.4, 0.5) is 0 Å². The van der Waals surface area contributed by atoms with E-state index in [2.05, 4.69) is 183 Å². The molecule has 10 rings (SSSR count). The topological polar surface area (TPSA) is 30.7 Å². The van der Waals surface area contributed by atoms with E-state index in [1.807, 2.05) is 0 Å². The summed E-state index contributed by atoms with van der Waals surface area (Å²) in [6.45, 7) is 7.02. The van der Waals surface area contributed by atoms with Crippen molar-refractivity contribution in [2.24, 2.45) is 5.92 Å². The number of para-hydroxylation sites is 3. The Morgan fingerprint density at radius 1 is 0.647 bits per heavy atom. The third-order valence-electron chi connectivity index (χ3n) is 11.3. The number of allylic oxidation sites excluding steroid dienone is 4. The molecule has 0 saturated carbocycles. The average Bonchev–Trinajstić information content (AvgIpc) is 3.67. The molecule has 0 spiro atoms. The monoisotopic (exact) mass is 655 g/mol. The first-order valence-corrected chi connectivity index (χ1v) is 18.0. The second kappa shape index (κ2) is 11.2. The Morgan fingerprint density at radius 2 is 1.37 bits per heavy atom. The molecule has 6 aromatic carbocycles. The van der Waals surface area contributed by atoms with Crippen LogP contribution >= 0.6 is 0 Å². The molecule has 2 aromatic heterocycles. The Bertz CT molecular complexity index is 2730. The molecule has 0 amide bonds. The minimum atomic E-state index is -0.178. The summed E-state index contributed by atoms with van der Waals surface area (Å²) in [6.07, 6.45) is 7.06. The number of hydrogen-bond donors (Lipinski definition) is 0. The molecule has 2 aliphatic carbocycles. The van der Waals surface area contributed by atoms with Crippen molar-refractivity contribution >= 4 is 38.3 Å². The summed E-state index contributed by atoms with van der Waals surface area (Å²) in [5, 5.41) is 3.61. The van der Waals surface area contributed by atoms with Gasteiger partial charge in [0.25, 0.3) is 0 Å². The number of imidazole rings is 1. The molecule has 2 atom stereocenters. The molecule has 8 aromatic rings. The van der Waals surface area contributed by atoms with Crippen molar-refractivity contribution in [1.82, 2.24) is 14.5 Å². The van der Waals surface area contributed by atoms with E-state index in [1.165, 1.54) is 55.1 Å². The van der Waals surface area contributed by atoms with Gasteiger partial charge in [-0.15, -0.1) is 0 Å². The molecule has 0 aliphatic heterocycles. The van der Waals surface area contributed by atoms with E-state index < -0.39 is 0 Å². The van der Waals surface area contributed by atoms with Crippen LogP contribution in [0.25, 0.3) is 66.4 Å². The van der Waals surface area contributed by atoms with Crippen LogP contribution in [0.3, 0.4) is 0 Å². The maximum atomic E-state index is 5.45. The summed E-state index contributed by atoms with van der Waals surface area (Å²) in [5.41, 5.74) is 14.2. The van der Waals surface area contributed by atoms with Gasteiger partial charge in [0.15, 0.2) is 0 Å². The summed E-state index contributed by atoms with van der Waals surface area (Å²) < 4.78 is 2.33. The van der Waals surface area contributed by atoms with E-state index in [0.717, 1.165) is 33.8 Å². The smallest absolute Gasteiger partial charge is 0.122 e. The van der Waals surface area contributed by atoms with E-state index in [-0.39, 0.29) is 17.3 Å². The molecule has 2 aliphatic rings. The first-order valence-electron chi connectivity index (χ1n) is 18.0. The summed E-state index contributed by atoms with van der Waals surface area (Å²) in [6, 6.07) is 50.3. The van der Waals surface area contributed by atoms with Crippen LogP contribution in [0, 0.1) is 5.92 Å². The molecule has 0 bridgehead atoms. The van der Waals surface area contributed by atoms with Gasteiger partial charge in [-0.3, -0.25) is 4.57 Å². The van der Waals surface area contributed by atoms with Gasteiger partial charge in [0.1, 0.15) is 5.82 Å². The van der Waals surface area contributed by atoms with Crippen molar-refractivity contribution in [3.63, 3.8) is 0 Å². The Morgan fingerprint density at radius 3 is 2.22 bits per heavy atom. The van der Waals surface area contributed by atoms with Gasteiger partial charge in [-0.1, -0.05) is 154 Å². The van der Waals surface area contributed by atoms with Gasteiger partial charge in [0.05, 0.1) is 22.2 Å². The van der Waals surface area contributed by atoms with Crippen LogP contribution in [-0.2, 0) is 5.41 Å². The highest BCUT2D eigenvalue weighted by atomic mass is 15.1. The van der Waals surface area contributed by atoms with Crippen LogP contribution in [0.5, 0.6) is 0 Å². The number of nitrogens with zero attached hydrogens (tertiary/aromatic N) is 3. The van der Waals surface area contributed by atoms with Crippen molar-refractivity contribution in [2.75, 3.05) is 0 Å². The third-order valence-corrected chi connectivity index (χ3v) is 11.3. The van der Waals surface area contributed by atoms with E-state index in [9.17, 15) is 0 Å². The van der Waals surface area contributed by atoms with Crippen LogP contribution < -0.4 is 0 Å². The summed E-state index contributed by atoms with van der Waals surface area (Å²) in [4.78, 5) is 10.6. The highest BCUT2D eigenvalue weighted by molar-refractivity contribution is 6.13. The predicted octanol–water partition coefficient (Wildman–Crippen LogP) is 12.1. The second-order valence-corrected chi connectivity index (χ2v) is 14.6. The Balaban J connectivity index is 1.06. The molecule has 3 nitrogen and oxygen atoms in total. The summed E-state index contributed by atoms with van der Waals surface area (Å²) >= 11 is 0. The van der Waals surface area contributed by atoms with Crippen molar-refractivity contribution in [1.29, 1.82) is 0 Å². The van der Waals surface area contributed by atoms with Gasteiger partial charge in [-0.25, -0.2) is 9.97 Å². The van der Waals surface area contributed by atoms with Gasteiger partial charge >= 0.3 is 0 Å². The molecule has 244 valence electrons. The van der Waals surface area contributed by atoms with Crippen LogP contribution in [-0.4, -0.2) is 14.5 Å². The molecule has 2 heterocycles. The third kappa shape index (κ3) is 4.51. The molecule has 0 saturated heterocycles. The number of aromatic nitrogens is 3. The standard InChI is InChI=1S/C48H37N3/c1-30-29-34(26-27-36(30)47-49-41-19-11-12-20-42(41)51(47)35-14-5-4-6-15-35)31-21-23-33(24-22-31)43-39-28-25-32-13-7-8-16-37(32)45(39)50-46-38-17-9-10-18-40(38)48(2,3)44(43)46/h4-30,36H,1-3H3. The fraction of sp³-hybridized carbons (Fsp3) is 0.125. The van der Waals surface area contributed by atoms with Crippen molar-refractivity contribution in [2.45, 2.75) is 32.1 Å². The molecule has 0 N–H and O–H groups in total. The molecule has 0 fully saturated rings. The zero-order valence-electron chi connectivity index (χ0n) is 29.0. The van der Waals surface area contributed by atoms with Crippen LogP contribution in [0.1, 0.15) is 49.2 Å². The number of rotatable bonds is 4. The van der Waals surface area contributed by atoms with Crippen LogP contribution in [0.15, 0.2) is 158 Å². The zero-order chi connectivity index (χ0) is 34.3. The van der Waals surface area contributed by atoms with Gasteiger partial charge in [-0.2, -0.15) is 0 Å². The predicted molar refractivity (Wildman–Crippen MR) is 212 cm³/mol. The molecule has 51 heavy (non-hydrogen) atoms. The molecule has 2 unspecified atom stereocenters. The summed E-state index contributed by atoms with van der Waals surface area (Å²) in [7, 11) is 0. The molecular formula is C48H37N3. The number of pyridine rings is 1. The minimum absolute atomic E-state index is 0.157. The highest BCUT2D eigenvalue weighted by Gasteiger charge is 2.39. The van der Waals surface area contributed by atoms with Crippen molar-refractivity contribution < 1.29 is 0 Å². The van der Waals surface area contributed by atoms with Crippen LogP contribution in [0.2, 0.25) is 0 Å². The number of benzene rings is 6. The maximum Gasteiger partial charge on any atom is 0.122 e. The van der Waals surface area contributed by atoms with Gasteiger partial charge < -0.3 is 0 Å². The molecule has 3 heteroatoms. The van der Waals surface area contributed by atoms with Crippen molar-refractivity contribution in [3.8, 4) is 28.1 Å². The molecular weight excluding hydrogens is 619 g/mol. The van der Waals surface area contributed by atoms with Gasteiger partial charge in [0, 0.05) is 33.4 Å². The fourth-order valence-electron chi connectivity index (χ4n) is 8.76. The second-order valence-electron chi connectivity index (χ2n) is 14.6. The van der Waals surface area contributed by atoms with E-state index in [1.54, 1.807) is 0 Å². The highest BCUT2D eigenvalue weighted by Crippen LogP contribution is 2.53. The Labute approximate surface area is 298 Å². The first kappa shape index (κ1) is 29.8. The van der Waals surface area contributed by atoms with Gasteiger partial charge in [-0.05, 0) is 69.0 Å². The lowest BCUT2D eigenvalue weighted by Crippen LogP contribution is -2.16. The van der Waals surface area contributed by atoms with E-state index in [0.29, 0.717) is 0 Å². The van der Waals surface area contributed by atoms with Gasteiger partial charge in [0.2, 0.25) is 0 Å². The average molecular weight is 656 g/mol. The first-order chi connectivity index (χ1) is 25.0. The quantitative estimate of drug-likeness (QED) is 0.177. The van der Waals surface area contributed by atoms with E-state index >= 15 is 0 Å². The SMILES string of the molecule is CC1C=C(c2ccc(-c3c4c(nc5c3ccc3ccccc35)-c3ccccc3C4(C)C)cc2)C=CC1c1nc2ccccc2n1-c1ccccc1. The summed E-state index contributed by atoms with van der Waals surface area (Å²) in [5.74, 6) is 1.50. The number of hydrogen-bond acceptors (Lipinski definition) is 2. The largest absolute Gasteiger partial charge is 0.296 e. The maximum absolute atomic E-state index is 5.45. The minimum Gasteiger partial charge on any atom is -0.296 e. The normalized spacial score (nSPS) is 17.5. The fourth-order valence-corrected chi connectivity index (χ4v) is 8.76. The molecule has 0 radical (unpaired) electrons. The Hall–Kier alpha value is -6.06. The lowest BCUT2D eigenvalue weighted by atomic mass is 9.78. The lowest BCUT2D eigenvalue weighted by Gasteiger charge is -2.26. The van der Waals surface area contributed by atoms with E-state index in [4.69, 9.17) is 9.97 Å².